The first kappa shape index (κ1) is 21.5. The van der Waals surface area contributed by atoms with Crippen LogP contribution in [0.2, 0.25) is 5.02 Å². The van der Waals surface area contributed by atoms with E-state index in [4.69, 9.17) is 26.8 Å². The molecule has 2 N–H and O–H groups in total. The molecule has 1 heterocycles. The summed E-state index contributed by atoms with van der Waals surface area (Å²) in [7, 11) is -2.11. The molecule has 1 aromatic carbocycles. The lowest BCUT2D eigenvalue weighted by molar-refractivity contribution is 0.0900. The Labute approximate surface area is 154 Å². The number of nitrogens with two attached hydrogens (primary N) is 1. The normalized spacial score (nSPS) is 18.0. The molecule has 1 saturated heterocycles. The highest BCUT2D eigenvalue weighted by Crippen LogP contribution is 2.31. The van der Waals surface area contributed by atoms with E-state index in [9.17, 15) is 8.42 Å². The topological polar surface area (TPSA) is 81.9 Å². The highest BCUT2D eigenvalue weighted by atomic mass is 35.5. The maximum absolute atomic E-state index is 12.9. The van der Waals surface area contributed by atoms with Crippen LogP contribution in [0.15, 0.2) is 23.1 Å². The predicted octanol–water partition coefficient (Wildman–Crippen LogP) is 2.29. The molecule has 0 aromatic heterocycles. The van der Waals surface area contributed by atoms with E-state index in [1.807, 2.05) is 6.92 Å². The summed E-state index contributed by atoms with van der Waals surface area (Å²) in [6.45, 7) is 2.99. The van der Waals surface area contributed by atoms with Gasteiger partial charge in [-0.1, -0.05) is 11.6 Å². The average molecular weight is 399 g/mol. The summed E-state index contributed by atoms with van der Waals surface area (Å²) in [6.07, 6.45) is 1.02. The van der Waals surface area contributed by atoms with Crippen LogP contribution in [-0.2, 0) is 14.8 Å². The van der Waals surface area contributed by atoms with Gasteiger partial charge in [0.05, 0.1) is 6.61 Å². The van der Waals surface area contributed by atoms with Crippen molar-refractivity contribution in [2.75, 3.05) is 26.8 Å². The molecule has 2 rings (SSSR count). The molecule has 1 aliphatic rings. The number of benzene rings is 1. The smallest absolute Gasteiger partial charge is 0.246 e. The van der Waals surface area contributed by atoms with Crippen LogP contribution < -0.4 is 10.5 Å². The fourth-order valence-electron chi connectivity index (χ4n) is 2.52. The third-order valence-corrected chi connectivity index (χ3v) is 5.91. The number of piperidine rings is 1. The standard InChI is InChI=1S/C15H23ClN2O4S.ClH/c1-11(10-21-2)22-14-4-3-12(16)9-15(14)23(19,20)18-7-5-13(17)6-8-18;/h3-4,9,11,13H,5-8,10,17H2,1-2H3;1H. The summed E-state index contributed by atoms with van der Waals surface area (Å²) >= 11 is 6.00. The van der Waals surface area contributed by atoms with Gasteiger partial charge >= 0.3 is 0 Å². The van der Waals surface area contributed by atoms with Gasteiger partial charge < -0.3 is 15.2 Å². The van der Waals surface area contributed by atoms with Crippen molar-refractivity contribution in [1.29, 1.82) is 0 Å². The van der Waals surface area contributed by atoms with Gasteiger partial charge in [0.1, 0.15) is 16.7 Å². The fourth-order valence-corrected chi connectivity index (χ4v) is 4.37. The zero-order chi connectivity index (χ0) is 17.0. The number of hydrogen-bond donors (Lipinski definition) is 1. The van der Waals surface area contributed by atoms with Crippen LogP contribution in [0.4, 0.5) is 0 Å². The van der Waals surface area contributed by atoms with Crippen molar-refractivity contribution in [3.63, 3.8) is 0 Å². The van der Waals surface area contributed by atoms with E-state index in [1.54, 1.807) is 19.2 Å². The molecule has 1 aromatic rings. The Morgan fingerprint density at radius 1 is 1.38 bits per heavy atom. The van der Waals surface area contributed by atoms with Crippen molar-refractivity contribution in [3.8, 4) is 5.75 Å². The average Bonchev–Trinajstić information content (AvgIpc) is 2.49. The molecular weight excluding hydrogens is 375 g/mol. The third kappa shape index (κ3) is 5.21. The van der Waals surface area contributed by atoms with Crippen molar-refractivity contribution >= 4 is 34.0 Å². The molecule has 9 heteroatoms. The number of sulfonamides is 1. The van der Waals surface area contributed by atoms with Crippen LogP contribution in [0.25, 0.3) is 0 Å². The molecule has 6 nitrogen and oxygen atoms in total. The second kappa shape index (κ2) is 9.22. The number of ether oxygens (including phenoxy) is 2. The molecule has 0 spiro atoms. The maximum atomic E-state index is 12.9. The SMILES string of the molecule is COCC(C)Oc1ccc(Cl)cc1S(=O)(=O)N1CCC(N)CC1.Cl. The summed E-state index contributed by atoms with van der Waals surface area (Å²) < 4.78 is 38.0. The first-order chi connectivity index (χ1) is 10.8. The molecule has 1 unspecified atom stereocenters. The van der Waals surface area contributed by atoms with Crippen LogP contribution in [0.3, 0.4) is 0 Å². The molecule has 0 bridgehead atoms. The minimum absolute atomic E-state index is 0. The summed E-state index contributed by atoms with van der Waals surface area (Å²) in [4.78, 5) is 0.0865. The number of rotatable bonds is 6. The Hall–Kier alpha value is -0.570. The fraction of sp³-hybridized carbons (Fsp3) is 0.600. The molecule has 1 aliphatic heterocycles. The van der Waals surface area contributed by atoms with Gasteiger partial charge in [-0.05, 0) is 38.0 Å². The Kier molecular flexibility index (Phi) is 8.25. The van der Waals surface area contributed by atoms with Crippen LogP contribution >= 0.6 is 24.0 Å². The third-order valence-electron chi connectivity index (χ3n) is 3.75. The van der Waals surface area contributed by atoms with E-state index < -0.39 is 10.0 Å². The number of methoxy groups -OCH3 is 1. The van der Waals surface area contributed by atoms with Crippen molar-refractivity contribution in [3.05, 3.63) is 23.2 Å². The van der Waals surface area contributed by atoms with Gasteiger partial charge in [-0.15, -0.1) is 12.4 Å². The molecule has 1 fully saturated rings. The lowest BCUT2D eigenvalue weighted by atomic mass is 10.1. The summed E-state index contributed by atoms with van der Waals surface area (Å²) in [5, 5.41) is 0.351. The second-order valence-electron chi connectivity index (χ2n) is 5.72. The van der Waals surface area contributed by atoms with Gasteiger partial charge in [0.2, 0.25) is 10.0 Å². The van der Waals surface area contributed by atoms with E-state index >= 15 is 0 Å². The molecule has 0 radical (unpaired) electrons. The molecule has 1 atom stereocenters. The summed E-state index contributed by atoms with van der Waals surface area (Å²) in [6, 6.07) is 4.68. The van der Waals surface area contributed by atoms with Crippen LogP contribution in [0, 0.1) is 0 Å². The van der Waals surface area contributed by atoms with Crippen LogP contribution in [-0.4, -0.2) is 51.7 Å². The lowest BCUT2D eigenvalue weighted by Gasteiger charge is -2.30. The zero-order valence-corrected chi connectivity index (χ0v) is 16.2. The molecule has 0 aliphatic carbocycles. The lowest BCUT2D eigenvalue weighted by Crippen LogP contribution is -2.42. The van der Waals surface area contributed by atoms with Gasteiger partial charge in [-0.2, -0.15) is 4.31 Å². The highest BCUT2D eigenvalue weighted by molar-refractivity contribution is 7.89. The van der Waals surface area contributed by atoms with Gasteiger partial charge in [-0.25, -0.2) is 8.42 Å². The van der Waals surface area contributed by atoms with E-state index in [-0.39, 0.29) is 35.2 Å². The molecule has 0 saturated carbocycles. The Morgan fingerprint density at radius 3 is 2.58 bits per heavy atom. The van der Waals surface area contributed by atoms with Crippen molar-refractivity contribution in [2.45, 2.75) is 36.8 Å². The molecule has 138 valence electrons. The summed E-state index contributed by atoms with van der Waals surface area (Å²) in [5.41, 5.74) is 5.85. The Balaban J connectivity index is 0.00000288. The zero-order valence-electron chi connectivity index (χ0n) is 13.8. The molecule has 24 heavy (non-hydrogen) atoms. The minimum atomic E-state index is -3.67. The molecule has 0 amide bonds. The van der Waals surface area contributed by atoms with Gasteiger partial charge in [0, 0.05) is 31.3 Å². The minimum Gasteiger partial charge on any atom is -0.487 e. The highest BCUT2D eigenvalue weighted by Gasteiger charge is 2.31. The second-order valence-corrected chi connectivity index (χ2v) is 8.06. The summed E-state index contributed by atoms with van der Waals surface area (Å²) in [5.74, 6) is 0.286. The van der Waals surface area contributed by atoms with Crippen LogP contribution in [0.5, 0.6) is 5.75 Å². The number of halogens is 2. The van der Waals surface area contributed by atoms with E-state index in [2.05, 4.69) is 0 Å². The van der Waals surface area contributed by atoms with Gasteiger partial charge in [0.15, 0.2) is 0 Å². The van der Waals surface area contributed by atoms with E-state index in [0.717, 1.165) is 0 Å². The number of nitrogens with zero attached hydrogens (tertiary/aromatic N) is 1. The van der Waals surface area contributed by atoms with Crippen LogP contribution in [0.1, 0.15) is 19.8 Å². The van der Waals surface area contributed by atoms with Crippen molar-refractivity contribution in [1.82, 2.24) is 4.31 Å². The maximum Gasteiger partial charge on any atom is 0.246 e. The molecular formula is C15H24Cl2N2O4S. The van der Waals surface area contributed by atoms with Gasteiger partial charge in [0.25, 0.3) is 0 Å². The van der Waals surface area contributed by atoms with Crippen molar-refractivity contribution < 1.29 is 17.9 Å². The first-order valence-electron chi connectivity index (χ1n) is 7.55. The first-order valence-corrected chi connectivity index (χ1v) is 9.37. The quantitative estimate of drug-likeness (QED) is 0.794. The van der Waals surface area contributed by atoms with E-state index in [0.29, 0.717) is 37.6 Å². The Bertz CT molecular complexity index is 634. The van der Waals surface area contributed by atoms with E-state index in [1.165, 1.54) is 10.4 Å². The van der Waals surface area contributed by atoms with Gasteiger partial charge in [-0.3, -0.25) is 0 Å². The predicted molar refractivity (Wildman–Crippen MR) is 96.6 cm³/mol. The largest absolute Gasteiger partial charge is 0.487 e. The van der Waals surface area contributed by atoms with Crippen molar-refractivity contribution in [2.24, 2.45) is 5.73 Å². The number of hydrogen-bond acceptors (Lipinski definition) is 5. The Morgan fingerprint density at radius 2 is 2.00 bits per heavy atom. The monoisotopic (exact) mass is 398 g/mol.